The molecule has 1 amide bonds. The molecular formula is C24H32N4O4S. The molecule has 0 aliphatic carbocycles. The largest absolute Gasteiger partial charge is 0.392 e. The van der Waals surface area contributed by atoms with Crippen LogP contribution in [0, 0.1) is 6.92 Å². The third kappa shape index (κ3) is 5.18. The van der Waals surface area contributed by atoms with Gasteiger partial charge in [-0.2, -0.15) is 0 Å². The average Bonchev–Trinajstić information content (AvgIpc) is 3.33. The van der Waals surface area contributed by atoms with Crippen LogP contribution in [-0.2, 0) is 16.1 Å². The molecule has 0 radical (unpaired) electrons. The maximum atomic E-state index is 13.1. The monoisotopic (exact) mass is 472 g/mol. The molecule has 5 atom stereocenters. The number of aliphatic hydroxyl groups excluding tert-OH is 2. The summed E-state index contributed by atoms with van der Waals surface area (Å²) in [5.41, 5.74) is 4.22. The second-order valence-electron chi connectivity index (χ2n) is 8.72. The number of rotatable bonds is 9. The Balaban J connectivity index is 1.42. The van der Waals surface area contributed by atoms with Crippen molar-refractivity contribution in [2.45, 2.75) is 63.9 Å². The van der Waals surface area contributed by atoms with E-state index in [2.05, 4.69) is 15.6 Å². The SMILES string of the molecule is C/C=C/[C@H](NC(C)O)C1(N2C[C@H](O)C[C@H]2C(=O)NCc2ccc(-c3scnc3C)cc2)CO1. The summed E-state index contributed by atoms with van der Waals surface area (Å²) < 4.78 is 5.85. The van der Waals surface area contributed by atoms with Crippen LogP contribution in [0.4, 0.5) is 0 Å². The summed E-state index contributed by atoms with van der Waals surface area (Å²) >= 11 is 1.61. The van der Waals surface area contributed by atoms with Crippen molar-refractivity contribution >= 4 is 17.2 Å². The average molecular weight is 473 g/mol. The number of thiazole rings is 1. The van der Waals surface area contributed by atoms with Gasteiger partial charge in [0.25, 0.3) is 0 Å². The number of hydrogen-bond donors (Lipinski definition) is 4. The van der Waals surface area contributed by atoms with Gasteiger partial charge in [-0.3, -0.25) is 15.0 Å². The Morgan fingerprint density at radius 2 is 2.15 bits per heavy atom. The van der Waals surface area contributed by atoms with Crippen LogP contribution in [-0.4, -0.2) is 69.3 Å². The van der Waals surface area contributed by atoms with Crippen molar-refractivity contribution in [2.75, 3.05) is 13.2 Å². The van der Waals surface area contributed by atoms with Crippen molar-refractivity contribution in [2.24, 2.45) is 0 Å². The second-order valence-corrected chi connectivity index (χ2v) is 9.57. The predicted molar refractivity (Wildman–Crippen MR) is 127 cm³/mol. The lowest BCUT2D eigenvalue weighted by atomic mass is 10.0. The molecular weight excluding hydrogens is 440 g/mol. The van der Waals surface area contributed by atoms with E-state index in [0.29, 0.717) is 26.1 Å². The molecule has 8 nitrogen and oxygen atoms in total. The maximum absolute atomic E-state index is 13.1. The number of carbonyl (C=O) groups excluding carboxylic acids is 1. The van der Waals surface area contributed by atoms with Gasteiger partial charge >= 0.3 is 0 Å². The number of aliphatic hydroxyl groups is 2. The third-order valence-electron chi connectivity index (χ3n) is 6.23. The molecule has 2 saturated heterocycles. The summed E-state index contributed by atoms with van der Waals surface area (Å²) in [5.74, 6) is -0.139. The fourth-order valence-corrected chi connectivity index (χ4v) is 5.34. The molecule has 1 aromatic carbocycles. The number of nitrogens with one attached hydrogen (secondary N) is 2. The lowest BCUT2D eigenvalue weighted by Crippen LogP contribution is -2.58. The lowest BCUT2D eigenvalue weighted by molar-refractivity contribution is -0.128. The Morgan fingerprint density at radius 1 is 1.42 bits per heavy atom. The van der Waals surface area contributed by atoms with Gasteiger partial charge < -0.3 is 20.3 Å². The van der Waals surface area contributed by atoms with Crippen LogP contribution in [0.3, 0.4) is 0 Å². The number of hydrogen-bond acceptors (Lipinski definition) is 8. The Morgan fingerprint density at radius 3 is 2.73 bits per heavy atom. The molecule has 2 unspecified atom stereocenters. The van der Waals surface area contributed by atoms with Crippen LogP contribution in [0.2, 0.25) is 0 Å². The standard InChI is InChI=1S/C24H32N4O4S/c1-4-5-21(27-16(3)29)24(13-32-24)28-12-19(30)10-20(28)23(31)25-11-17-6-8-18(9-7-17)22-15(2)26-14-33-22/h4-9,14,16,19-21,27,29-30H,10-13H2,1-3H3,(H,25,31)/b5-4+/t16?,19-,20+,21+,24?/m1/s1. The van der Waals surface area contributed by atoms with Crippen LogP contribution in [0.15, 0.2) is 41.9 Å². The quantitative estimate of drug-likeness (QED) is 0.250. The molecule has 1 aromatic heterocycles. The van der Waals surface area contributed by atoms with E-state index in [1.807, 2.05) is 60.7 Å². The molecule has 33 heavy (non-hydrogen) atoms. The number of aromatic nitrogens is 1. The summed E-state index contributed by atoms with van der Waals surface area (Å²) in [7, 11) is 0. The van der Waals surface area contributed by atoms with E-state index >= 15 is 0 Å². The van der Waals surface area contributed by atoms with Crippen molar-refractivity contribution < 1.29 is 19.7 Å². The minimum absolute atomic E-state index is 0.139. The third-order valence-corrected chi connectivity index (χ3v) is 7.21. The zero-order valence-electron chi connectivity index (χ0n) is 19.2. The van der Waals surface area contributed by atoms with E-state index in [-0.39, 0.29) is 11.9 Å². The molecule has 2 aliphatic rings. The second kappa shape index (κ2) is 10.0. The number of carbonyl (C=O) groups is 1. The van der Waals surface area contributed by atoms with Crippen LogP contribution < -0.4 is 10.6 Å². The number of amides is 1. The van der Waals surface area contributed by atoms with Crippen molar-refractivity contribution in [3.05, 3.63) is 53.2 Å². The summed E-state index contributed by atoms with van der Waals surface area (Å²) in [6.45, 7) is 6.72. The minimum Gasteiger partial charge on any atom is -0.392 e. The van der Waals surface area contributed by atoms with E-state index in [1.165, 1.54) is 0 Å². The van der Waals surface area contributed by atoms with Crippen molar-refractivity contribution in [3.8, 4) is 10.4 Å². The first kappa shape index (κ1) is 24.0. The highest BCUT2D eigenvalue weighted by Crippen LogP contribution is 2.41. The molecule has 3 heterocycles. The smallest absolute Gasteiger partial charge is 0.237 e. The van der Waals surface area contributed by atoms with Crippen LogP contribution in [0.5, 0.6) is 0 Å². The van der Waals surface area contributed by atoms with Gasteiger partial charge in [-0.05, 0) is 38.3 Å². The maximum Gasteiger partial charge on any atom is 0.237 e. The highest BCUT2D eigenvalue weighted by molar-refractivity contribution is 7.13. The highest BCUT2D eigenvalue weighted by Gasteiger charge is 2.60. The zero-order chi connectivity index (χ0) is 23.6. The summed E-state index contributed by atoms with van der Waals surface area (Å²) in [6.07, 6.45) is 2.82. The first-order chi connectivity index (χ1) is 15.8. The number of ether oxygens (including phenoxy) is 1. The van der Waals surface area contributed by atoms with Gasteiger partial charge in [0.05, 0.1) is 40.9 Å². The van der Waals surface area contributed by atoms with Gasteiger partial charge in [0.1, 0.15) is 6.23 Å². The van der Waals surface area contributed by atoms with Gasteiger partial charge in [-0.15, -0.1) is 11.3 Å². The number of epoxide rings is 1. The van der Waals surface area contributed by atoms with Gasteiger partial charge in [0, 0.05) is 13.1 Å². The minimum atomic E-state index is -0.753. The molecule has 0 spiro atoms. The predicted octanol–water partition coefficient (Wildman–Crippen LogP) is 1.77. The van der Waals surface area contributed by atoms with Gasteiger partial charge in [-0.25, -0.2) is 4.98 Å². The van der Waals surface area contributed by atoms with E-state index in [9.17, 15) is 15.0 Å². The fourth-order valence-electron chi connectivity index (χ4n) is 4.53. The normalized spacial score (nSPS) is 27.1. The number of aryl methyl sites for hydroxylation is 1. The molecule has 2 aliphatic heterocycles. The molecule has 9 heteroatoms. The lowest BCUT2D eigenvalue weighted by Gasteiger charge is -2.35. The molecule has 178 valence electrons. The molecule has 4 rings (SSSR count). The molecule has 0 bridgehead atoms. The van der Waals surface area contributed by atoms with Gasteiger partial charge in [0.2, 0.25) is 5.91 Å². The van der Waals surface area contributed by atoms with Crippen molar-refractivity contribution in [1.82, 2.24) is 20.5 Å². The van der Waals surface area contributed by atoms with E-state index in [4.69, 9.17) is 4.74 Å². The molecule has 0 saturated carbocycles. The van der Waals surface area contributed by atoms with E-state index in [1.54, 1.807) is 18.3 Å². The highest BCUT2D eigenvalue weighted by atomic mass is 32.1. The number of allylic oxidation sites excluding steroid dienone is 1. The first-order valence-corrected chi connectivity index (χ1v) is 12.1. The molecule has 2 fully saturated rings. The fraction of sp³-hybridized carbons (Fsp3) is 0.500. The van der Waals surface area contributed by atoms with Gasteiger partial charge in [0.15, 0.2) is 5.72 Å². The summed E-state index contributed by atoms with van der Waals surface area (Å²) in [4.78, 5) is 20.5. The molecule has 2 aromatic rings. The first-order valence-electron chi connectivity index (χ1n) is 11.3. The number of benzene rings is 1. The van der Waals surface area contributed by atoms with E-state index < -0.39 is 24.1 Å². The topological polar surface area (TPSA) is 110 Å². The number of likely N-dealkylation sites (tertiary alicyclic amines) is 1. The Bertz CT molecular complexity index is 987. The number of nitrogens with zero attached hydrogens (tertiary/aromatic N) is 2. The van der Waals surface area contributed by atoms with Crippen molar-refractivity contribution in [1.29, 1.82) is 0 Å². The summed E-state index contributed by atoms with van der Waals surface area (Å²) in [5, 5.41) is 26.4. The summed E-state index contributed by atoms with van der Waals surface area (Å²) in [6, 6.07) is 7.30. The van der Waals surface area contributed by atoms with Crippen molar-refractivity contribution in [3.63, 3.8) is 0 Å². The van der Waals surface area contributed by atoms with E-state index in [0.717, 1.165) is 21.7 Å². The van der Waals surface area contributed by atoms with Crippen LogP contribution in [0.25, 0.3) is 10.4 Å². The van der Waals surface area contributed by atoms with Gasteiger partial charge in [-0.1, -0.05) is 36.4 Å². The number of β-amino-alcohol motifs (C(OH)–C–C–N with tert-alkyl or cyclic N) is 1. The Kier molecular flexibility index (Phi) is 7.28. The van der Waals surface area contributed by atoms with Crippen LogP contribution >= 0.6 is 11.3 Å². The zero-order valence-corrected chi connectivity index (χ0v) is 20.0. The van der Waals surface area contributed by atoms with Crippen LogP contribution in [0.1, 0.15) is 31.5 Å². The molecule has 4 N–H and O–H groups in total. The Labute approximate surface area is 198 Å². The Hall–Kier alpha value is -2.14.